The summed E-state index contributed by atoms with van der Waals surface area (Å²) in [5.41, 5.74) is -3.71. The van der Waals surface area contributed by atoms with Gasteiger partial charge < -0.3 is 20.1 Å². The zero-order valence-corrected chi connectivity index (χ0v) is 16.6. The summed E-state index contributed by atoms with van der Waals surface area (Å²) in [5, 5.41) is 31.7. The number of ether oxygens (including phenoxy) is 1. The van der Waals surface area contributed by atoms with Crippen LogP contribution in [-0.4, -0.2) is 50.9 Å². The van der Waals surface area contributed by atoms with Gasteiger partial charge in [0.2, 0.25) is 5.79 Å². The lowest BCUT2D eigenvalue weighted by molar-refractivity contribution is -0.197. The summed E-state index contributed by atoms with van der Waals surface area (Å²) in [5.74, 6) is -2.29. The first kappa shape index (κ1) is 18.9. The molecule has 4 fully saturated rings. The zero-order chi connectivity index (χ0) is 20.3. The van der Waals surface area contributed by atoms with E-state index in [9.17, 15) is 20.1 Å². The number of rotatable bonds is 1. The summed E-state index contributed by atoms with van der Waals surface area (Å²) < 4.78 is 22.7. The Labute approximate surface area is 164 Å². The van der Waals surface area contributed by atoms with Crippen LogP contribution in [0.4, 0.5) is 4.39 Å². The highest BCUT2D eigenvalue weighted by molar-refractivity contribution is 6.01. The third-order valence-electron chi connectivity index (χ3n) is 9.26. The van der Waals surface area contributed by atoms with Gasteiger partial charge in [-0.2, -0.15) is 0 Å². The lowest BCUT2D eigenvalue weighted by Gasteiger charge is -2.61. The molecule has 4 aliphatic carbocycles. The summed E-state index contributed by atoms with van der Waals surface area (Å²) in [7, 11) is 0. The average Bonchev–Trinajstić information content (AvgIpc) is 3.23. The van der Waals surface area contributed by atoms with Gasteiger partial charge in [0.25, 0.3) is 0 Å². The lowest BCUT2D eigenvalue weighted by Crippen LogP contribution is -2.67. The smallest absolute Gasteiger partial charge is 0.220 e. The second kappa shape index (κ2) is 5.15. The van der Waals surface area contributed by atoms with Gasteiger partial charge in [0, 0.05) is 16.7 Å². The van der Waals surface area contributed by atoms with Gasteiger partial charge in [0.15, 0.2) is 11.5 Å². The van der Waals surface area contributed by atoms with Crippen molar-refractivity contribution in [3.8, 4) is 0 Å². The quantitative estimate of drug-likeness (QED) is 0.594. The summed E-state index contributed by atoms with van der Waals surface area (Å²) in [6.45, 7) is 5.26. The highest BCUT2D eigenvalue weighted by Gasteiger charge is 2.86. The summed E-state index contributed by atoms with van der Waals surface area (Å²) >= 11 is 0. The number of ketones is 1. The first-order valence-electron chi connectivity index (χ1n) is 10.3. The monoisotopic (exact) mass is 392 g/mol. The highest BCUT2D eigenvalue weighted by atomic mass is 19.1. The lowest BCUT2D eigenvalue weighted by atomic mass is 9.45. The normalized spacial score (nSPS) is 59.5. The van der Waals surface area contributed by atoms with Crippen LogP contribution in [0.5, 0.6) is 0 Å². The molecule has 28 heavy (non-hydrogen) atoms. The Morgan fingerprint density at radius 2 is 2.04 bits per heavy atom. The third kappa shape index (κ3) is 1.72. The Morgan fingerprint density at radius 3 is 2.68 bits per heavy atom. The minimum Gasteiger partial charge on any atom is -0.391 e. The molecule has 154 valence electrons. The second-order valence-electron chi connectivity index (χ2n) is 10.2. The van der Waals surface area contributed by atoms with Gasteiger partial charge >= 0.3 is 0 Å². The summed E-state index contributed by atoms with van der Waals surface area (Å²) in [6, 6.07) is 0. The van der Waals surface area contributed by atoms with Gasteiger partial charge in [0.05, 0.1) is 6.10 Å². The molecular formula is C22H29FO5. The van der Waals surface area contributed by atoms with Crippen molar-refractivity contribution in [2.75, 3.05) is 6.61 Å². The van der Waals surface area contributed by atoms with E-state index in [1.807, 2.05) is 13.8 Å². The van der Waals surface area contributed by atoms with Gasteiger partial charge in [-0.15, -0.1) is 0 Å². The number of carbonyl (C=O) groups is 1. The van der Waals surface area contributed by atoms with Gasteiger partial charge in [-0.3, -0.25) is 4.79 Å². The number of halogens is 1. The molecule has 1 saturated heterocycles. The van der Waals surface area contributed by atoms with Crippen LogP contribution in [0.25, 0.3) is 0 Å². The van der Waals surface area contributed by atoms with Crippen molar-refractivity contribution < 1.29 is 29.2 Å². The number of alkyl halides is 1. The largest absolute Gasteiger partial charge is 0.391 e. The fraction of sp³-hybridized carbons (Fsp3) is 0.773. The van der Waals surface area contributed by atoms with Crippen LogP contribution in [0.3, 0.4) is 0 Å². The zero-order valence-electron chi connectivity index (χ0n) is 16.6. The summed E-state index contributed by atoms with van der Waals surface area (Å²) in [6.07, 6.45) is 5.35. The second-order valence-corrected chi connectivity index (χ2v) is 10.2. The minimum absolute atomic E-state index is 0.0533. The van der Waals surface area contributed by atoms with Crippen LogP contribution < -0.4 is 0 Å². The molecule has 0 bridgehead atoms. The van der Waals surface area contributed by atoms with Crippen molar-refractivity contribution in [3.05, 3.63) is 23.8 Å². The molecule has 5 aliphatic rings. The molecule has 0 aromatic heterocycles. The van der Waals surface area contributed by atoms with E-state index in [4.69, 9.17) is 4.74 Å². The molecule has 0 radical (unpaired) electrons. The number of hydrogen-bond acceptors (Lipinski definition) is 5. The molecule has 0 aromatic carbocycles. The molecule has 3 saturated carbocycles. The average molecular weight is 392 g/mol. The highest BCUT2D eigenvalue weighted by Crippen LogP contribution is 2.77. The van der Waals surface area contributed by atoms with Crippen LogP contribution in [0, 0.1) is 28.6 Å². The Hall–Kier alpha value is -1.08. The fourth-order valence-electron chi connectivity index (χ4n) is 7.97. The maximum absolute atomic E-state index is 16.9. The molecular weight excluding hydrogens is 363 g/mol. The standard InChI is InChI=1S/C22H29FO5/c1-12-8-16-15-5-4-13-9-14(25)6-7-18(13,2)21(15,23)17(26)10-19(16,3)22(12)20(27,11-24)28-22/h6-7,9,12,15-17,24,26-27H,4-5,8,10-11H2,1-3H3/t12-,15+,16+,17+,18+,19+,20?,21+,22-/m1/s1. The Kier molecular flexibility index (Phi) is 3.48. The predicted molar refractivity (Wildman–Crippen MR) is 98.8 cm³/mol. The molecule has 5 rings (SSSR count). The number of hydrogen-bond donors (Lipinski definition) is 3. The fourth-order valence-corrected chi connectivity index (χ4v) is 7.97. The number of carbonyl (C=O) groups excluding carboxylic acids is 1. The van der Waals surface area contributed by atoms with E-state index in [1.54, 1.807) is 13.0 Å². The number of fused-ring (bicyclic) bond motifs is 6. The van der Waals surface area contributed by atoms with Crippen molar-refractivity contribution in [2.24, 2.45) is 28.6 Å². The van der Waals surface area contributed by atoms with Crippen molar-refractivity contribution in [1.29, 1.82) is 0 Å². The van der Waals surface area contributed by atoms with E-state index in [0.717, 1.165) is 5.57 Å². The van der Waals surface area contributed by atoms with E-state index < -0.39 is 46.5 Å². The van der Waals surface area contributed by atoms with Gasteiger partial charge in [-0.1, -0.05) is 25.5 Å². The van der Waals surface area contributed by atoms with Crippen molar-refractivity contribution in [1.82, 2.24) is 0 Å². The number of epoxide rings is 1. The molecule has 1 spiro atoms. The Bertz CT molecular complexity index is 824. The van der Waals surface area contributed by atoms with Crippen LogP contribution >= 0.6 is 0 Å². The maximum Gasteiger partial charge on any atom is 0.220 e. The number of aliphatic hydroxyl groups excluding tert-OH is 2. The molecule has 0 aromatic rings. The first-order valence-corrected chi connectivity index (χ1v) is 10.3. The molecule has 6 heteroatoms. The van der Waals surface area contributed by atoms with Gasteiger partial charge in [-0.05, 0) is 56.6 Å². The SMILES string of the molecule is C[C@@H]1C[C@H]2[C@@H]3CCC4=CC(=O)C=C[C@]4(C)[C@@]3(F)[C@@H](O)C[C@]2(C)[C@]12OC2(O)CO. The molecule has 0 amide bonds. The molecule has 3 N–H and O–H groups in total. The van der Waals surface area contributed by atoms with Crippen molar-refractivity contribution in [2.45, 2.75) is 69.6 Å². The van der Waals surface area contributed by atoms with E-state index in [0.29, 0.717) is 19.3 Å². The maximum atomic E-state index is 16.9. The van der Waals surface area contributed by atoms with E-state index in [-0.39, 0.29) is 24.0 Å². The van der Waals surface area contributed by atoms with E-state index >= 15 is 4.39 Å². The van der Waals surface area contributed by atoms with Crippen LogP contribution in [0.1, 0.15) is 46.5 Å². The molecule has 1 heterocycles. The molecule has 1 aliphatic heterocycles. The van der Waals surface area contributed by atoms with Crippen LogP contribution in [0.2, 0.25) is 0 Å². The number of allylic oxidation sites excluding steroid dienone is 4. The predicted octanol–water partition coefficient (Wildman–Crippen LogP) is 2.05. The topological polar surface area (TPSA) is 90.3 Å². The molecule has 1 unspecified atom stereocenters. The third-order valence-corrected chi connectivity index (χ3v) is 9.26. The minimum atomic E-state index is -1.88. The Morgan fingerprint density at radius 1 is 1.32 bits per heavy atom. The molecule has 9 atom stereocenters. The van der Waals surface area contributed by atoms with Crippen molar-refractivity contribution >= 4 is 5.78 Å². The number of aliphatic hydroxyl groups is 3. The summed E-state index contributed by atoms with van der Waals surface area (Å²) in [4.78, 5) is 11.9. The van der Waals surface area contributed by atoms with E-state index in [1.165, 1.54) is 12.2 Å². The van der Waals surface area contributed by atoms with Gasteiger partial charge in [0.1, 0.15) is 12.2 Å². The Balaban J connectivity index is 1.62. The molecule has 5 nitrogen and oxygen atoms in total. The first-order chi connectivity index (χ1) is 13.0. The van der Waals surface area contributed by atoms with Gasteiger partial charge in [-0.25, -0.2) is 4.39 Å². The van der Waals surface area contributed by atoms with E-state index in [2.05, 4.69) is 0 Å². The van der Waals surface area contributed by atoms with Crippen LogP contribution in [-0.2, 0) is 9.53 Å². The van der Waals surface area contributed by atoms with Crippen LogP contribution in [0.15, 0.2) is 23.8 Å². The van der Waals surface area contributed by atoms with Crippen molar-refractivity contribution in [3.63, 3.8) is 0 Å².